The van der Waals surface area contributed by atoms with Gasteiger partial charge in [0.2, 0.25) is 6.01 Å². The Labute approximate surface area is 69.5 Å². The van der Waals surface area contributed by atoms with E-state index >= 15 is 0 Å². The minimum Gasteiger partial charge on any atom is -0.280 e. The van der Waals surface area contributed by atoms with Gasteiger partial charge >= 0.3 is 0 Å². The van der Waals surface area contributed by atoms with Crippen LogP contribution in [0, 0.1) is 0 Å². The molecule has 0 aliphatic heterocycles. The van der Waals surface area contributed by atoms with Gasteiger partial charge in [-0.05, 0) is 12.1 Å². The summed E-state index contributed by atoms with van der Waals surface area (Å²) in [4.78, 5) is 3.65. The van der Waals surface area contributed by atoms with Gasteiger partial charge in [-0.1, -0.05) is 0 Å². The molecule has 1 heterocycles. The summed E-state index contributed by atoms with van der Waals surface area (Å²) in [7, 11) is -3.83. The topological polar surface area (TPSA) is 59.1 Å². The van der Waals surface area contributed by atoms with Gasteiger partial charge in [0.25, 0.3) is 10.0 Å². The highest BCUT2D eigenvalue weighted by Crippen LogP contribution is 2.05. The second-order valence-electron chi connectivity index (χ2n) is 2.07. The van der Waals surface area contributed by atoms with E-state index in [4.69, 9.17) is 0 Å². The van der Waals surface area contributed by atoms with Crippen LogP contribution in [0.25, 0.3) is 0 Å². The number of hydrogen-bond acceptors (Lipinski definition) is 3. The number of nitrogens with zero attached hydrogens (tertiary/aromatic N) is 1. The molecule has 0 saturated carbocycles. The molecule has 4 nitrogen and oxygen atoms in total. The van der Waals surface area contributed by atoms with E-state index in [0.717, 1.165) is 0 Å². The molecule has 12 heavy (non-hydrogen) atoms. The molecule has 0 aliphatic carbocycles. The summed E-state index contributed by atoms with van der Waals surface area (Å²) in [5, 5.41) is 0. The smallest absolute Gasteiger partial charge is 0.262 e. The Bertz CT molecular complexity index is 338. The Morgan fingerprint density at radius 1 is 1.58 bits per heavy atom. The Morgan fingerprint density at radius 3 is 2.83 bits per heavy atom. The molecular weight excluding hydrogens is 183 g/mol. The molecule has 0 spiro atoms. The van der Waals surface area contributed by atoms with Crippen LogP contribution in [0.5, 0.6) is 0 Å². The molecule has 0 fully saturated rings. The fourth-order valence-electron chi connectivity index (χ4n) is 0.630. The summed E-state index contributed by atoms with van der Waals surface area (Å²) >= 11 is 0. The van der Waals surface area contributed by atoms with Crippen molar-refractivity contribution in [3.05, 3.63) is 24.5 Å². The SMILES string of the molecule is O=S(=O)(CF)Nc1cccnc1. The zero-order chi connectivity index (χ0) is 9.03. The van der Waals surface area contributed by atoms with E-state index in [1.807, 2.05) is 4.72 Å². The lowest BCUT2D eigenvalue weighted by atomic mass is 10.4. The number of anilines is 1. The number of pyridine rings is 1. The van der Waals surface area contributed by atoms with Crippen molar-refractivity contribution in [2.24, 2.45) is 0 Å². The number of aromatic nitrogens is 1. The molecule has 0 aliphatic rings. The Morgan fingerprint density at radius 2 is 2.33 bits per heavy atom. The molecule has 1 N–H and O–H groups in total. The third-order valence-electron chi connectivity index (χ3n) is 1.08. The average molecular weight is 190 g/mol. The summed E-state index contributed by atoms with van der Waals surface area (Å²) in [6, 6.07) is 1.61. The van der Waals surface area contributed by atoms with Gasteiger partial charge in [-0.25, -0.2) is 12.8 Å². The summed E-state index contributed by atoms with van der Waals surface area (Å²) in [5.74, 6) is 0. The van der Waals surface area contributed by atoms with Crippen molar-refractivity contribution in [3.8, 4) is 0 Å². The van der Waals surface area contributed by atoms with E-state index in [1.165, 1.54) is 18.5 Å². The van der Waals surface area contributed by atoms with Crippen LogP contribution >= 0.6 is 0 Å². The van der Waals surface area contributed by atoms with Crippen LogP contribution in [-0.4, -0.2) is 19.4 Å². The zero-order valence-corrected chi connectivity index (χ0v) is 6.88. The molecule has 0 atom stereocenters. The van der Waals surface area contributed by atoms with Crippen LogP contribution in [0.1, 0.15) is 0 Å². The normalized spacial score (nSPS) is 11.1. The first kappa shape index (κ1) is 8.92. The zero-order valence-electron chi connectivity index (χ0n) is 6.07. The molecule has 1 rings (SSSR count). The van der Waals surface area contributed by atoms with Crippen LogP contribution in [0.2, 0.25) is 0 Å². The van der Waals surface area contributed by atoms with Crippen LogP contribution in [0.3, 0.4) is 0 Å². The number of sulfonamides is 1. The highest BCUT2D eigenvalue weighted by Gasteiger charge is 2.07. The molecule has 66 valence electrons. The molecule has 0 bridgehead atoms. The van der Waals surface area contributed by atoms with Gasteiger partial charge in [0.1, 0.15) is 0 Å². The Balaban J connectivity index is 2.78. The average Bonchev–Trinajstić information content (AvgIpc) is 2.06. The highest BCUT2D eigenvalue weighted by atomic mass is 32.2. The van der Waals surface area contributed by atoms with E-state index in [9.17, 15) is 12.8 Å². The molecular formula is C6H7FN2O2S. The van der Waals surface area contributed by atoms with E-state index in [2.05, 4.69) is 4.98 Å². The third-order valence-corrected chi connectivity index (χ3v) is 1.91. The number of hydrogen-bond donors (Lipinski definition) is 1. The van der Waals surface area contributed by atoms with Gasteiger partial charge in [0, 0.05) is 6.20 Å². The van der Waals surface area contributed by atoms with Crippen LogP contribution < -0.4 is 4.72 Å². The van der Waals surface area contributed by atoms with Gasteiger partial charge in [-0.15, -0.1) is 0 Å². The van der Waals surface area contributed by atoms with Crippen molar-refractivity contribution >= 4 is 15.7 Å². The maximum absolute atomic E-state index is 11.8. The van der Waals surface area contributed by atoms with Gasteiger partial charge in [-0.2, -0.15) is 0 Å². The largest absolute Gasteiger partial charge is 0.280 e. The molecule has 0 unspecified atom stereocenters. The predicted molar refractivity (Wildman–Crippen MR) is 42.8 cm³/mol. The van der Waals surface area contributed by atoms with Crippen molar-refractivity contribution in [2.45, 2.75) is 0 Å². The van der Waals surface area contributed by atoms with E-state index in [-0.39, 0.29) is 5.69 Å². The van der Waals surface area contributed by atoms with Gasteiger partial charge in [-0.3, -0.25) is 9.71 Å². The quantitative estimate of drug-likeness (QED) is 0.765. The molecule has 0 radical (unpaired) electrons. The lowest BCUT2D eigenvalue weighted by Gasteiger charge is -2.02. The fraction of sp³-hybridized carbons (Fsp3) is 0.167. The Hall–Kier alpha value is -1.17. The van der Waals surface area contributed by atoms with Crippen molar-refractivity contribution in [2.75, 3.05) is 10.7 Å². The van der Waals surface area contributed by atoms with E-state index in [1.54, 1.807) is 6.07 Å². The summed E-state index contributed by atoms with van der Waals surface area (Å²) in [5.41, 5.74) is 0.259. The maximum atomic E-state index is 11.8. The molecule has 0 saturated heterocycles. The van der Waals surface area contributed by atoms with Crippen molar-refractivity contribution in [1.29, 1.82) is 0 Å². The lowest BCUT2D eigenvalue weighted by Crippen LogP contribution is -2.13. The van der Waals surface area contributed by atoms with Gasteiger partial charge in [0.05, 0.1) is 11.9 Å². The summed E-state index contributed by atoms with van der Waals surface area (Å²) in [6.45, 7) is 0. The van der Waals surface area contributed by atoms with Crippen LogP contribution in [0.4, 0.5) is 10.1 Å². The Kier molecular flexibility index (Phi) is 2.59. The van der Waals surface area contributed by atoms with Gasteiger partial charge in [0.15, 0.2) is 0 Å². The summed E-state index contributed by atoms with van der Waals surface area (Å²) < 4.78 is 35.1. The van der Waals surface area contributed by atoms with E-state index in [0.29, 0.717) is 0 Å². The fourth-order valence-corrected chi connectivity index (χ4v) is 1.16. The predicted octanol–water partition coefficient (Wildman–Crippen LogP) is 0.750. The van der Waals surface area contributed by atoms with Crippen LogP contribution in [0.15, 0.2) is 24.5 Å². The second-order valence-corrected chi connectivity index (χ2v) is 3.72. The molecule has 6 heteroatoms. The van der Waals surface area contributed by atoms with Crippen molar-refractivity contribution in [1.82, 2.24) is 4.98 Å². The first-order valence-corrected chi connectivity index (χ1v) is 4.76. The molecule has 0 aromatic carbocycles. The molecule has 1 aromatic rings. The van der Waals surface area contributed by atoms with Crippen molar-refractivity contribution < 1.29 is 12.8 Å². The van der Waals surface area contributed by atoms with Gasteiger partial charge < -0.3 is 0 Å². The summed E-state index contributed by atoms with van der Waals surface area (Å²) in [6.07, 6.45) is 2.79. The maximum Gasteiger partial charge on any atom is 0.262 e. The molecule has 1 aromatic heterocycles. The number of rotatable bonds is 3. The minimum atomic E-state index is -3.83. The minimum absolute atomic E-state index is 0.259. The lowest BCUT2D eigenvalue weighted by molar-refractivity contribution is 0.538. The van der Waals surface area contributed by atoms with Crippen molar-refractivity contribution in [3.63, 3.8) is 0 Å². The highest BCUT2D eigenvalue weighted by molar-refractivity contribution is 7.92. The number of alkyl halides is 1. The number of halogens is 1. The first-order valence-electron chi connectivity index (χ1n) is 3.10. The molecule has 0 amide bonds. The standard InChI is InChI=1S/C6H7FN2O2S/c7-5-12(10,11)9-6-2-1-3-8-4-6/h1-4,9H,5H2. The first-order chi connectivity index (χ1) is 5.64. The van der Waals surface area contributed by atoms with E-state index < -0.39 is 16.0 Å². The number of nitrogens with one attached hydrogen (secondary N) is 1. The van der Waals surface area contributed by atoms with Crippen LogP contribution in [-0.2, 0) is 10.0 Å². The second kappa shape index (κ2) is 3.48. The third kappa shape index (κ3) is 2.46. The monoisotopic (exact) mass is 190 g/mol.